The maximum Gasteiger partial charge on any atom is 0.150 e. The van der Waals surface area contributed by atoms with Gasteiger partial charge in [-0.1, -0.05) is 30.3 Å². The van der Waals surface area contributed by atoms with Gasteiger partial charge in [0.25, 0.3) is 0 Å². The highest BCUT2D eigenvalue weighted by Gasteiger charge is 2.31. The summed E-state index contributed by atoms with van der Waals surface area (Å²) in [4.78, 5) is 0. The minimum atomic E-state index is -2.84. The van der Waals surface area contributed by atoms with Crippen molar-refractivity contribution in [1.82, 2.24) is 15.1 Å². The Balaban J connectivity index is 1.66. The summed E-state index contributed by atoms with van der Waals surface area (Å²) in [5.74, 6) is 0.863. The summed E-state index contributed by atoms with van der Waals surface area (Å²) in [5, 5.41) is 8.40. The van der Waals surface area contributed by atoms with Gasteiger partial charge in [-0.05, 0) is 31.2 Å². The molecule has 1 aromatic carbocycles. The first-order valence-electron chi connectivity index (χ1n) is 9.09. The summed E-state index contributed by atoms with van der Waals surface area (Å²) in [6.45, 7) is 4.00. The van der Waals surface area contributed by atoms with Crippen LogP contribution >= 0.6 is 0 Å². The second-order valence-corrected chi connectivity index (χ2v) is 9.53. The molecule has 1 aromatic heterocycles. The van der Waals surface area contributed by atoms with Crippen LogP contribution in [0.3, 0.4) is 0 Å². The molecule has 6 heteroatoms. The third kappa shape index (κ3) is 3.37. The number of sulfone groups is 1. The molecule has 2 aliphatic rings. The Labute approximate surface area is 149 Å². The number of hydrogen-bond donors (Lipinski definition) is 1. The summed E-state index contributed by atoms with van der Waals surface area (Å²) in [6, 6.07) is 10.6. The monoisotopic (exact) mass is 359 g/mol. The lowest BCUT2D eigenvalue weighted by molar-refractivity contribution is 0.510. The van der Waals surface area contributed by atoms with Crippen LogP contribution in [0.15, 0.2) is 30.3 Å². The standard InChI is InChI=1S/C19H25N3O2S/c1-14(16-5-3-2-4-6-16)22-19-7-9-20-12-17(19)18(21-22)11-15-8-10-25(23,24)13-15/h2-6,14-15,20H,7-13H2,1H3. The Morgan fingerprint density at radius 2 is 2.12 bits per heavy atom. The van der Waals surface area contributed by atoms with E-state index in [2.05, 4.69) is 41.2 Å². The van der Waals surface area contributed by atoms with Gasteiger partial charge in [0.1, 0.15) is 0 Å². The average Bonchev–Trinajstić information content (AvgIpc) is 3.15. The SMILES string of the molecule is CC(c1ccccc1)n1nc(CC2CCS(=O)(=O)C2)c2c1CCNC2. The van der Waals surface area contributed by atoms with Crippen LogP contribution in [0, 0.1) is 5.92 Å². The Kier molecular flexibility index (Phi) is 4.41. The maximum atomic E-state index is 11.8. The molecule has 0 saturated carbocycles. The van der Waals surface area contributed by atoms with Crippen LogP contribution in [0.25, 0.3) is 0 Å². The van der Waals surface area contributed by atoms with Crippen LogP contribution in [-0.4, -0.2) is 36.2 Å². The summed E-state index contributed by atoms with van der Waals surface area (Å²) in [7, 11) is -2.84. The van der Waals surface area contributed by atoms with Crippen molar-refractivity contribution in [3.05, 3.63) is 52.8 Å². The summed E-state index contributed by atoms with van der Waals surface area (Å²) in [6.07, 6.45) is 2.52. The van der Waals surface area contributed by atoms with Crippen LogP contribution in [0.4, 0.5) is 0 Å². The van der Waals surface area contributed by atoms with Gasteiger partial charge in [0.2, 0.25) is 0 Å². The first-order valence-corrected chi connectivity index (χ1v) is 10.9. The third-order valence-corrected chi connectivity index (χ3v) is 7.34. The normalized spacial score (nSPS) is 23.3. The van der Waals surface area contributed by atoms with Crippen LogP contribution in [0.5, 0.6) is 0 Å². The van der Waals surface area contributed by atoms with Crippen molar-refractivity contribution in [2.45, 2.75) is 38.8 Å². The van der Waals surface area contributed by atoms with E-state index in [0.717, 1.165) is 38.0 Å². The quantitative estimate of drug-likeness (QED) is 0.908. The van der Waals surface area contributed by atoms with E-state index in [-0.39, 0.29) is 12.0 Å². The van der Waals surface area contributed by atoms with Crippen molar-refractivity contribution >= 4 is 9.84 Å². The fourth-order valence-corrected chi connectivity index (χ4v) is 5.97. The number of rotatable bonds is 4. The fourth-order valence-electron chi connectivity index (χ4n) is 4.11. The second-order valence-electron chi connectivity index (χ2n) is 7.30. The van der Waals surface area contributed by atoms with E-state index in [4.69, 9.17) is 5.10 Å². The minimum absolute atomic E-state index is 0.189. The molecule has 0 aliphatic carbocycles. The van der Waals surface area contributed by atoms with Gasteiger partial charge in [0, 0.05) is 30.8 Å². The van der Waals surface area contributed by atoms with Crippen LogP contribution in [0.2, 0.25) is 0 Å². The number of hydrogen-bond acceptors (Lipinski definition) is 4. The number of aromatic nitrogens is 2. The lowest BCUT2D eigenvalue weighted by atomic mass is 9.97. The molecule has 1 fully saturated rings. The second kappa shape index (κ2) is 6.57. The third-order valence-electron chi connectivity index (χ3n) is 5.50. The van der Waals surface area contributed by atoms with Gasteiger partial charge in [-0.3, -0.25) is 4.68 Å². The van der Waals surface area contributed by atoms with Gasteiger partial charge in [-0.25, -0.2) is 8.42 Å². The van der Waals surface area contributed by atoms with Gasteiger partial charge < -0.3 is 5.32 Å². The summed E-state index contributed by atoms with van der Waals surface area (Å²) < 4.78 is 25.7. The molecule has 2 aliphatic heterocycles. The van der Waals surface area contributed by atoms with Gasteiger partial charge in [-0.2, -0.15) is 5.10 Å². The van der Waals surface area contributed by atoms with E-state index >= 15 is 0 Å². The number of fused-ring (bicyclic) bond motifs is 1. The van der Waals surface area contributed by atoms with Crippen molar-refractivity contribution in [3.63, 3.8) is 0 Å². The molecule has 0 bridgehead atoms. The summed E-state index contributed by atoms with van der Waals surface area (Å²) >= 11 is 0. The van der Waals surface area contributed by atoms with Crippen molar-refractivity contribution < 1.29 is 8.42 Å². The number of benzene rings is 1. The molecule has 1 saturated heterocycles. The lowest BCUT2D eigenvalue weighted by Gasteiger charge is -2.20. The molecule has 2 aromatic rings. The highest BCUT2D eigenvalue weighted by molar-refractivity contribution is 7.91. The Morgan fingerprint density at radius 3 is 2.84 bits per heavy atom. The molecule has 134 valence electrons. The average molecular weight is 359 g/mol. The molecule has 1 N–H and O–H groups in total. The molecule has 2 unspecified atom stereocenters. The van der Waals surface area contributed by atoms with Gasteiger partial charge in [0.15, 0.2) is 9.84 Å². The Morgan fingerprint density at radius 1 is 1.32 bits per heavy atom. The van der Waals surface area contributed by atoms with Gasteiger partial charge in [0.05, 0.1) is 23.2 Å². The number of nitrogens with zero attached hydrogens (tertiary/aromatic N) is 2. The Hall–Kier alpha value is -1.66. The maximum absolute atomic E-state index is 11.8. The lowest BCUT2D eigenvalue weighted by Crippen LogP contribution is -2.26. The van der Waals surface area contributed by atoms with Crippen LogP contribution in [0.1, 0.15) is 41.9 Å². The smallest absolute Gasteiger partial charge is 0.150 e. The zero-order chi connectivity index (χ0) is 17.4. The molecule has 0 spiro atoms. The highest BCUT2D eigenvalue weighted by Crippen LogP contribution is 2.29. The molecule has 5 nitrogen and oxygen atoms in total. The first-order chi connectivity index (χ1) is 12.0. The van der Waals surface area contributed by atoms with Crippen molar-refractivity contribution in [1.29, 1.82) is 0 Å². The Bertz CT molecular complexity index is 858. The highest BCUT2D eigenvalue weighted by atomic mass is 32.2. The molecule has 2 atom stereocenters. The van der Waals surface area contributed by atoms with Gasteiger partial charge >= 0.3 is 0 Å². The van der Waals surface area contributed by atoms with Crippen molar-refractivity contribution in [2.24, 2.45) is 5.92 Å². The molecule has 4 rings (SSSR count). The van der Waals surface area contributed by atoms with Crippen LogP contribution in [-0.2, 0) is 29.2 Å². The van der Waals surface area contributed by atoms with E-state index < -0.39 is 9.84 Å². The fraction of sp³-hybridized carbons (Fsp3) is 0.526. The van der Waals surface area contributed by atoms with E-state index in [9.17, 15) is 8.42 Å². The predicted molar refractivity (Wildman–Crippen MR) is 98.4 cm³/mol. The topological polar surface area (TPSA) is 64.0 Å². The molecule has 0 amide bonds. The minimum Gasteiger partial charge on any atom is -0.312 e. The van der Waals surface area contributed by atoms with E-state index in [1.165, 1.54) is 16.8 Å². The molecule has 0 radical (unpaired) electrons. The largest absolute Gasteiger partial charge is 0.312 e. The van der Waals surface area contributed by atoms with E-state index in [1.807, 2.05) is 6.07 Å². The zero-order valence-corrected chi connectivity index (χ0v) is 15.4. The van der Waals surface area contributed by atoms with E-state index in [1.54, 1.807) is 0 Å². The van der Waals surface area contributed by atoms with Crippen molar-refractivity contribution in [3.8, 4) is 0 Å². The van der Waals surface area contributed by atoms with E-state index in [0.29, 0.717) is 11.5 Å². The molecule has 3 heterocycles. The number of nitrogens with one attached hydrogen (secondary N) is 1. The first kappa shape index (κ1) is 16.8. The van der Waals surface area contributed by atoms with Crippen molar-refractivity contribution in [2.75, 3.05) is 18.1 Å². The van der Waals surface area contributed by atoms with Crippen LogP contribution < -0.4 is 5.32 Å². The summed E-state index contributed by atoms with van der Waals surface area (Å²) in [5.41, 5.74) is 4.94. The molecule has 25 heavy (non-hydrogen) atoms. The molecular weight excluding hydrogens is 334 g/mol. The zero-order valence-electron chi connectivity index (χ0n) is 14.6. The van der Waals surface area contributed by atoms with Gasteiger partial charge in [-0.15, -0.1) is 0 Å². The molecular formula is C19H25N3O2S. The predicted octanol–water partition coefficient (Wildman–Crippen LogP) is 2.12.